The molecule has 4 heteroatoms. The number of nitrogens with zero attached hydrogens (tertiary/aromatic N) is 2. The zero-order valence-corrected chi connectivity index (χ0v) is 19.0. The highest BCUT2D eigenvalue weighted by molar-refractivity contribution is 5.49. The average Bonchev–Trinajstić information content (AvgIpc) is 2.84. The number of benzene rings is 2. The van der Waals surface area contributed by atoms with Crippen molar-refractivity contribution in [2.24, 2.45) is 0 Å². The van der Waals surface area contributed by atoms with Gasteiger partial charge in [-0.25, -0.2) is 0 Å². The zero-order chi connectivity index (χ0) is 22.1. The van der Waals surface area contributed by atoms with Crippen LogP contribution in [0.5, 0.6) is 5.75 Å². The van der Waals surface area contributed by atoms with Gasteiger partial charge in [-0.2, -0.15) is 0 Å². The van der Waals surface area contributed by atoms with Crippen LogP contribution in [0, 0.1) is 0 Å². The maximum atomic E-state index is 6.13. The summed E-state index contributed by atoms with van der Waals surface area (Å²) in [7, 11) is 1.71. The summed E-state index contributed by atoms with van der Waals surface area (Å²) in [5, 5.41) is 0. The molecule has 0 aliphatic carbocycles. The molecular formula is C27H36N2O2. The second-order valence-corrected chi connectivity index (χ2v) is 8.09. The standard InChI is InChI=1S/C23H30N2O2.C4H6/c1-18(17-23-22-6-4-3-5-19(22)11-16-27-23)24-12-14-25(15-13-24)20-7-9-21(26-2)10-8-20;1-3-4-2/h3-10,18,23H,11-17H2,1-2H3;3-4H,1-2H2. The van der Waals surface area contributed by atoms with E-state index in [9.17, 15) is 0 Å². The van der Waals surface area contributed by atoms with E-state index in [0.29, 0.717) is 6.04 Å². The van der Waals surface area contributed by atoms with E-state index < -0.39 is 0 Å². The van der Waals surface area contributed by atoms with Crippen LogP contribution in [-0.4, -0.2) is 50.8 Å². The first kappa shape index (κ1) is 23.1. The Kier molecular flexibility index (Phi) is 8.74. The van der Waals surface area contributed by atoms with Gasteiger partial charge in [0, 0.05) is 37.9 Å². The fraction of sp³-hybridized carbons (Fsp3) is 0.407. The van der Waals surface area contributed by atoms with Crippen LogP contribution in [0.25, 0.3) is 0 Å². The molecule has 0 aromatic heterocycles. The fourth-order valence-corrected chi connectivity index (χ4v) is 4.34. The molecule has 0 spiro atoms. The maximum Gasteiger partial charge on any atom is 0.119 e. The zero-order valence-electron chi connectivity index (χ0n) is 19.0. The fourth-order valence-electron chi connectivity index (χ4n) is 4.34. The molecule has 31 heavy (non-hydrogen) atoms. The van der Waals surface area contributed by atoms with Crippen molar-refractivity contribution >= 4 is 5.69 Å². The van der Waals surface area contributed by atoms with Crippen LogP contribution >= 0.6 is 0 Å². The van der Waals surface area contributed by atoms with Crippen molar-refractivity contribution in [2.75, 3.05) is 44.8 Å². The van der Waals surface area contributed by atoms with Gasteiger partial charge in [0.1, 0.15) is 5.75 Å². The van der Waals surface area contributed by atoms with Crippen molar-refractivity contribution in [2.45, 2.75) is 31.9 Å². The van der Waals surface area contributed by atoms with Crippen LogP contribution in [0.1, 0.15) is 30.6 Å². The summed E-state index contributed by atoms with van der Waals surface area (Å²) in [6, 6.07) is 17.7. The highest BCUT2D eigenvalue weighted by Gasteiger charge is 2.27. The molecule has 0 bridgehead atoms. The summed E-state index contributed by atoms with van der Waals surface area (Å²) in [6.07, 6.45) is 5.63. The Balaban J connectivity index is 0.000000628. The Hall–Kier alpha value is -2.56. The summed E-state index contributed by atoms with van der Waals surface area (Å²) in [5.74, 6) is 0.916. The second kappa shape index (κ2) is 11.7. The van der Waals surface area contributed by atoms with Crippen molar-refractivity contribution in [3.63, 3.8) is 0 Å². The molecular weight excluding hydrogens is 384 g/mol. The molecule has 2 aliphatic rings. The summed E-state index contributed by atoms with van der Waals surface area (Å²) in [5.41, 5.74) is 4.14. The van der Waals surface area contributed by atoms with Crippen molar-refractivity contribution in [3.05, 3.63) is 85.0 Å². The van der Waals surface area contributed by atoms with Crippen LogP contribution in [0.15, 0.2) is 73.8 Å². The smallest absolute Gasteiger partial charge is 0.119 e. The molecule has 2 atom stereocenters. The van der Waals surface area contributed by atoms with E-state index in [1.54, 1.807) is 19.3 Å². The van der Waals surface area contributed by atoms with E-state index in [-0.39, 0.29) is 6.10 Å². The number of piperazine rings is 1. The Labute approximate surface area is 187 Å². The van der Waals surface area contributed by atoms with Gasteiger partial charge in [-0.1, -0.05) is 49.6 Å². The first-order valence-electron chi connectivity index (χ1n) is 11.2. The van der Waals surface area contributed by atoms with Gasteiger partial charge in [0.2, 0.25) is 0 Å². The second-order valence-electron chi connectivity index (χ2n) is 8.09. The highest BCUT2D eigenvalue weighted by atomic mass is 16.5. The van der Waals surface area contributed by atoms with Crippen molar-refractivity contribution in [1.82, 2.24) is 4.90 Å². The van der Waals surface area contributed by atoms with Crippen LogP contribution in [0.4, 0.5) is 5.69 Å². The van der Waals surface area contributed by atoms with Gasteiger partial charge >= 0.3 is 0 Å². The molecule has 4 rings (SSSR count). The van der Waals surface area contributed by atoms with Gasteiger partial charge in [-0.15, -0.1) is 0 Å². The van der Waals surface area contributed by atoms with Gasteiger partial charge in [0.05, 0.1) is 19.8 Å². The van der Waals surface area contributed by atoms with Crippen LogP contribution < -0.4 is 9.64 Å². The predicted octanol–water partition coefficient (Wildman–Crippen LogP) is 5.27. The molecule has 1 fully saturated rings. The minimum absolute atomic E-state index is 0.240. The van der Waals surface area contributed by atoms with Crippen LogP contribution in [0.2, 0.25) is 0 Å². The molecule has 1 saturated heterocycles. The number of fused-ring (bicyclic) bond motifs is 1. The normalized spacial score (nSPS) is 19.4. The number of ether oxygens (including phenoxy) is 2. The molecule has 2 heterocycles. The van der Waals surface area contributed by atoms with Crippen molar-refractivity contribution in [1.29, 1.82) is 0 Å². The highest BCUT2D eigenvalue weighted by Crippen LogP contribution is 2.32. The van der Waals surface area contributed by atoms with Crippen molar-refractivity contribution in [3.8, 4) is 5.75 Å². The minimum atomic E-state index is 0.240. The lowest BCUT2D eigenvalue weighted by atomic mass is 9.93. The quantitative estimate of drug-likeness (QED) is 0.595. The summed E-state index contributed by atoms with van der Waals surface area (Å²) in [6.45, 7) is 14.3. The predicted molar refractivity (Wildman–Crippen MR) is 130 cm³/mol. The first-order chi connectivity index (χ1) is 15.2. The minimum Gasteiger partial charge on any atom is -0.497 e. The van der Waals surface area contributed by atoms with Gasteiger partial charge in [0.15, 0.2) is 0 Å². The number of hydrogen-bond donors (Lipinski definition) is 0. The molecule has 2 unspecified atom stereocenters. The monoisotopic (exact) mass is 420 g/mol. The average molecular weight is 421 g/mol. The Bertz CT molecular complexity index is 819. The third-order valence-electron chi connectivity index (χ3n) is 6.19. The van der Waals surface area contributed by atoms with Crippen LogP contribution in [0.3, 0.4) is 0 Å². The largest absolute Gasteiger partial charge is 0.497 e. The van der Waals surface area contributed by atoms with E-state index in [1.165, 1.54) is 16.8 Å². The molecule has 2 aromatic carbocycles. The van der Waals surface area contributed by atoms with Gasteiger partial charge < -0.3 is 14.4 Å². The van der Waals surface area contributed by atoms with E-state index in [1.807, 2.05) is 12.1 Å². The number of allylic oxidation sites excluding steroid dienone is 2. The molecule has 2 aromatic rings. The molecule has 0 radical (unpaired) electrons. The van der Waals surface area contributed by atoms with Crippen molar-refractivity contribution < 1.29 is 9.47 Å². The van der Waals surface area contributed by atoms with Gasteiger partial charge in [-0.05, 0) is 55.2 Å². The molecule has 0 N–H and O–H groups in total. The van der Waals surface area contributed by atoms with E-state index in [4.69, 9.17) is 9.47 Å². The Morgan fingerprint density at radius 1 is 1.03 bits per heavy atom. The molecule has 2 aliphatic heterocycles. The van der Waals surface area contributed by atoms with E-state index >= 15 is 0 Å². The number of anilines is 1. The van der Waals surface area contributed by atoms with Crippen LogP contribution in [-0.2, 0) is 11.2 Å². The third-order valence-corrected chi connectivity index (χ3v) is 6.19. The molecule has 0 amide bonds. The van der Waals surface area contributed by atoms with Gasteiger partial charge in [-0.3, -0.25) is 4.90 Å². The lowest BCUT2D eigenvalue weighted by molar-refractivity contribution is 0.0162. The SMILES string of the molecule is C=CC=C.COc1ccc(N2CCN(C(C)CC3OCCc4ccccc43)CC2)cc1. The number of hydrogen-bond acceptors (Lipinski definition) is 4. The number of rotatable bonds is 6. The van der Waals surface area contributed by atoms with E-state index in [0.717, 1.165) is 51.4 Å². The lowest BCUT2D eigenvalue weighted by Crippen LogP contribution is -2.50. The number of methoxy groups -OCH3 is 1. The Morgan fingerprint density at radius 2 is 1.71 bits per heavy atom. The third kappa shape index (κ3) is 6.22. The van der Waals surface area contributed by atoms with Gasteiger partial charge in [0.25, 0.3) is 0 Å². The Morgan fingerprint density at radius 3 is 2.35 bits per heavy atom. The lowest BCUT2D eigenvalue weighted by Gasteiger charge is -2.40. The van der Waals surface area contributed by atoms with E-state index in [2.05, 4.69) is 66.3 Å². The maximum absolute atomic E-state index is 6.13. The summed E-state index contributed by atoms with van der Waals surface area (Å²) in [4.78, 5) is 5.08. The topological polar surface area (TPSA) is 24.9 Å². The molecule has 4 nitrogen and oxygen atoms in total. The first-order valence-corrected chi connectivity index (χ1v) is 11.2. The molecule has 0 saturated carbocycles. The molecule has 166 valence electrons. The summed E-state index contributed by atoms with van der Waals surface area (Å²) >= 11 is 0. The summed E-state index contributed by atoms with van der Waals surface area (Å²) < 4.78 is 11.4.